The molecule has 636 valence electrons. The monoisotopic (exact) mass is 1760 g/mol. The van der Waals surface area contributed by atoms with Crippen LogP contribution < -0.4 is 51.3 Å². The lowest BCUT2D eigenvalue weighted by molar-refractivity contribution is 1.17. The molecule has 8 heteroatoms. The number of nitrogens with zero attached hydrogens (tertiary/aromatic N) is 6. The van der Waals surface area contributed by atoms with Gasteiger partial charge in [-0.2, -0.15) is 0 Å². The molecule has 21 aromatic carbocycles. The van der Waals surface area contributed by atoms with Gasteiger partial charge >= 0.3 is 0 Å². The van der Waals surface area contributed by atoms with Crippen LogP contribution >= 0.6 is 0 Å². The molecule has 0 amide bonds. The molecule has 0 aliphatic carbocycles. The van der Waals surface area contributed by atoms with Gasteiger partial charge in [0.15, 0.2) is 16.1 Å². The standard InChI is InChI=1S/C128H86N6Si2/c1-10-36-91(37-11-1)129-115-76-67-95(82-89(115)62-63-90-83-103(71-78-116(90)129)135(97-44-18-5-19-45-97,98-46-20-6-21-47-98)99-48-22-7-23-49-99)133-122-75-66-88(84-112(122)109-74-81-124-126(128(109)133)111-58-32-35-61-119(111)132(124)94-42-16-4-17-43-94)87-64-69-102(70-65-87)136(100-50-24-8-25-51-100,101-52-26-9-27-53-101)104-72-79-121-114(86-104)106-55-29-28-54-105(106)113-85-96(68-77-120(113)130(121)92-38-12-2-13-39-92)134-117-59-33-30-56-107(117)108-73-80-123-125(127(108)134)110-57-31-34-60-118(110)131(123)93-40-14-3-15-41-93/h1-86H. The molecule has 0 saturated heterocycles. The van der Waals surface area contributed by atoms with E-state index in [4.69, 9.17) is 0 Å². The van der Waals surface area contributed by atoms with Crippen molar-refractivity contribution in [1.82, 2.24) is 18.3 Å². The molecule has 4 aromatic heterocycles. The van der Waals surface area contributed by atoms with Gasteiger partial charge in [0.25, 0.3) is 0 Å². The summed E-state index contributed by atoms with van der Waals surface area (Å²) < 4.78 is 10.0. The highest BCUT2D eigenvalue weighted by Gasteiger charge is 2.45. The van der Waals surface area contributed by atoms with Crippen molar-refractivity contribution in [2.24, 2.45) is 0 Å². The maximum atomic E-state index is 2.59. The molecule has 2 aliphatic heterocycles. The number of hydrogen-bond acceptors (Lipinski definition) is 2. The highest BCUT2D eigenvalue weighted by Crippen LogP contribution is 2.54. The van der Waals surface area contributed by atoms with Gasteiger partial charge in [-0.3, -0.25) is 0 Å². The molecule has 0 unspecified atom stereocenters. The lowest BCUT2D eigenvalue weighted by atomic mass is 9.94. The van der Waals surface area contributed by atoms with Gasteiger partial charge in [0.05, 0.1) is 66.9 Å². The Morgan fingerprint density at radius 1 is 0.154 bits per heavy atom. The van der Waals surface area contributed by atoms with Crippen molar-refractivity contribution >= 4 is 191 Å². The molecule has 6 heterocycles. The van der Waals surface area contributed by atoms with Crippen LogP contribution in [-0.2, 0) is 0 Å². The third-order valence-corrected chi connectivity index (χ3v) is 38.6. The number of hydrogen-bond donors (Lipinski definition) is 0. The van der Waals surface area contributed by atoms with Crippen LogP contribution in [0, 0.1) is 0 Å². The number of benzene rings is 21. The van der Waals surface area contributed by atoms with Crippen molar-refractivity contribution in [3.63, 3.8) is 0 Å². The van der Waals surface area contributed by atoms with Gasteiger partial charge in [-0.05, 0) is 209 Å². The highest BCUT2D eigenvalue weighted by molar-refractivity contribution is 7.20. The maximum absolute atomic E-state index is 3.29. The quantitative estimate of drug-likeness (QED) is 0.0755. The Kier molecular flexibility index (Phi) is 18.3. The number of rotatable bonds is 15. The number of anilines is 6. The molecule has 0 spiro atoms. The first kappa shape index (κ1) is 78.4. The summed E-state index contributed by atoms with van der Waals surface area (Å²) in [6.07, 6.45) is 4.75. The topological polar surface area (TPSA) is 26.2 Å². The summed E-state index contributed by atoms with van der Waals surface area (Å²) in [5.74, 6) is 0. The molecular weight excluding hydrogens is 1680 g/mol. The van der Waals surface area contributed by atoms with E-state index in [2.05, 4.69) is 550 Å². The molecule has 6 nitrogen and oxygen atoms in total. The van der Waals surface area contributed by atoms with E-state index in [0.29, 0.717) is 0 Å². The van der Waals surface area contributed by atoms with E-state index in [0.717, 1.165) is 112 Å². The fourth-order valence-electron chi connectivity index (χ4n) is 23.3. The second kappa shape index (κ2) is 31.7. The minimum Gasteiger partial charge on any atom is -0.309 e. The summed E-state index contributed by atoms with van der Waals surface area (Å²) in [6, 6.07) is 192. The van der Waals surface area contributed by atoms with E-state index >= 15 is 0 Å². The second-order valence-corrected chi connectivity index (χ2v) is 43.7. The van der Waals surface area contributed by atoms with Gasteiger partial charge in [0.2, 0.25) is 0 Å². The van der Waals surface area contributed by atoms with Gasteiger partial charge < -0.3 is 28.1 Å². The van der Waals surface area contributed by atoms with Crippen LogP contribution in [0.25, 0.3) is 156 Å². The largest absolute Gasteiger partial charge is 0.309 e. The first-order chi connectivity index (χ1) is 67.5. The zero-order valence-electron chi connectivity index (χ0n) is 74.3. The molecule has 0 bridgehead atoms. The number of fused-ring (bicyclic) bond motifs is 21. The lowest BCUT2D eigenvalue weighted by Gasteiger charge is -2.35. The Morgan fingerprint density at radius 3 is 0.941 bits per heavy atom. The van der Waals surface area contributed by atoms with Crippen LogP contribution in [0.5, 0.6) is 0 Å². The smallest absolute Gasteiger partial charge is 0.179 e. The molecule has 2 aliphatic rings. The SMILES string of the molecule is C1=Cc2cc([Si](c3ccccc3)(c3ccccc3)c3ccccc3)ccc2N(c2ccccc2)c2ccc(-n3c4ccc(-c5ccc([Si](c6ccccc6)(c6ccccc6)c6ccc7c(c6)-c6ccccc6-c6cc(-n8c9ccccc9c9ccc%10c(c%11ccccc%11n%10-c%10ccccc%10)c98)ccc6N7c6ccccc6)cc5)cc4c4ccc5c(c6ccccc6n5-c5ccccc5)c43)cc21. The van der Waals surface area contributed by atoms with E-state index in [1.54, 1.807) is 0 Å². The minimum atomic E-state index is -3.29. The van der Waals surface area contributed by atoms with Crippen LogP contribution in [0.3, 0.4) is 0 Å². The van der Waals surface area contributed by atoms with Crippen molar-refractivity contribution in [1.29, 1.82) is 0 Å². The minimum absolute atomic E-state index is 1.07. The van der Waals surface area contributed by atoms with Crippen molar-refractivity contribution in [2.45, 2.75) is 0 Å². The van der Waals surface area contributed by atoms with Gasteiger partial charge in [-0.1, -0.05) is 382 Å². The van der Waals surface area contributed by atoms with Crippen molar-refractivity contribution in [3.05, 3.63) is 521 Å². The normalized spacial score (nSPS) is 12.5. The summed E-state index contributed by atoms with van der Waals surface area (Å²) in [4.78, 5) is 5.00. The Hall–Kier alpha value is -17.4. The van der Waals surface area contributed by atoms with Crippen LogP contribution in [0.2, 0.25) is 0 Å². The predicted molar refractivity (Wildman–Crippen MR) is 579 cm³/mol. The van der Waals surface area contributed by atoms with Gasteiger partial charge in [-0.25, -0.2) is 0 Å². The van der Waals surface area contributed by atoms with Crippen LogP contribution in [0.1, 0.15) is 11.1 Å². The maximum Gasteiger partial charge on any atom is 0.179 e. The first-order valence-corrected chi connectivity index (χ1v) is 51.0. The van der Waals surface area contributed by atoms with Gasteiger partial charge in [0.1, 0.15) is 0 Å². The summed E-state index contributed by atoms with van der Waals surface area (Å²) in [6.45, 7) is 0. The Morgan fingerprint density at radius 2 is 0.471 bits per heavy atom. The summed E-state index contributed by atoms with van der Waals surface area (Å²) in [5.41, 5.74) is 29.5. The zero-order chi connectivity index (χ0) is 89.5. The van der Waals surface area contributed by atoms with Crippen molar-refractivity contribution in [2.75, 3.05) is 9.80 Å². The third-order valence-electron chi connectivity index (χ3n) is 29.1. The van der Waals surface area contributed by atoms with E-state index in [-0.39, 0.29) is 0 Å². The average molecular weight is 1760 g/mol. The van der Waals surface area contributed by atoms with Crippen LogP contribution in [0.4, 0.5) is 34.1 Å². The lowest BCUT2D eigenvalue weighted by Crippen LogP contribution is -2.74. The Bertz CT molecular complexity index is 8930. The molecule has 0 radical (unpaired) electrons. The van der Waals surface area contributed by atoms with Gasteiger partial charge in [0, 0.05) is 93.9 Å². The van der Waals surface area contributed by atoms with Crippen LogP contribution in [-0.4, -0.2) is 34.4 Å². The average Bonchev–Trinajstić information content (AvgIpc) is 1.10. The second-order valence-electron chi connectivity index (χ2n) is 36.1. The molecular formula is C128H86N6Si2. The molecule has 25 aromatic rings. The molecule has 0 saturated carbocycles. The number of aromatic nitrogens is 4. The summed E-state index contributed by atoms with van der Waals surface area (Å²) in [5, 5.41) is 20.2. The predicted octanol–water partition coefficient (Wildman–Crippen LogP) is 27.6. The van der Waals surface area contributed by atoms with E-state index < -0.39 is 16.1 Å². The third kappa shape index (κ3) is 12.0. The van der Waals surface area contributed by atoms with E-state index in [1.807, 2.05) is 0 Å². The van der Waals surface area contributed by atoms with Crippen LogP contribution in [0.15, 0.2) is 510 Å². The van der Waals surface area contributed by atoms with Crippen molar-refractivity contribution < 1.29 is 0 Å². The Labute approximate surface area is 790 Å². The molecule has 0 N–H and O–H groups in total. The van der Waals surface area contributed by atoms with E-state index in [1.165, 1.54) is 118 Å². The Balaban J connectivity index is 0.623. The fourth-order valence-corrected chi connectivity index (χ4v) is 32.9. The summed E-state index contributed by atoms with van der Waals surface area (Å²) >= 11 is 0. The summed E-state index contributed by atoms with van der Waals surface area (Å²) in [7, 11) is -6.20. The van der Waals surface area contributed by atoms with Crippen molar-refractivity contribution in [3.8, 4) is 56.1 Å². The highest BCUT2D eigenvalue weighted by atomic mass is 28.3. The molecule has 0 fully saturated rings. The zero-order valence-corrected chi connectivity index (χ0v) is 76.3. The van der Waals surface area contributed by atoms with Gasteiger partial charge in [-0.15, -0.1) is 0 Å². The van der Waals surface area contributed by atoms with E-state index in [9.17, 15) is 0 Å². The fraction of sp³-hybridized carbons (Fsp3) is 0. The molecule has 136 heavy (non-hydrogen) atoms. The number of para-hydroxylation sites is 7. The molecule has 27 rings (SSSR count). The molecule has 0 atom stereocenters. The first-order valence-electron chi connectivity index (χ1n) is 47.0.